The highest BCUT2D eigenvalue weighted by molar-refractivity contribution is 5.92. The van der Waals surface area contributed by atoms with Gasteiger partial charge in [0.25, 0.3) is 0 Å². The number of anilines is 2. The van der Waals surface area contributed by atoms with Gasteiger partial charge in [-0.2, -0.15) is 0 Å². The first-order valence-corrected chi connectivity index (χ1v) is 6.53. The molecule has 1 aliphatic heterocycles. The largest absolute Gasteiger partial charge is 0.399 e. The van der Waals surface area contributed by atoms with Gasteiger partial charge < -0.3 is 15.8 Å². The third-order valence-electron chi connectivity index (χ3n) is 3.49. The number of hydrogen-bond donors (Lipinski definition) is 2. The molecule has 0 aliphatic carbocycles. The van der Waals surface area contributed by atoms with E-state index in [1.807, 2.05) is 18.9 Å². The van der Waals surface area contributed by atoms with Crippen molar-refractivity contribution in [2.45, 2.75) is 25.5 Å². The van der Waals surface area contributed by atoms with Crippen LogP contribution in [0.1, 0.15) is 13.3 Å². The number of benzene rings is 1. The summed E-state index contributed by atoms with van der Waals surface area (Å²) in [6, 6.07) is 7.46. The molecule has 1 fully saturated rings. The third kappa shape index (κ3) is 3.68. The molecule has 0 aromatic heterocycles. The highest BCUT2D eigenvalue weighted by Gasteiger charge is 2.28. The van der Waals surface area contributed by atoms with Crippen molar-refractivity contribution < 1.29 is 9.53 Å². The molecule has 1 heterocycles. The third-order valence-corrected chi connectivity index (χ3v) is 3.49. The summed E-state index contributed by atoms with van der Waals surface area (Å²) < 4.78 is 5.51. The molecule has 1 aromatic carbocycles. The van der Waals surface area contributed by atoms with Crippen LogP contribution >= 0.6 is 0 Å². The van der Waals surface area contributed by atoms with Crippen LogP contribution in [-0.2, 0) is 9.53 Å². The highest BCUT2D eigenvalue weighted by atomic mass is 16.5. The molecule has 0 spiro atoms. The predicted molar refractivity (Wildman–Crippen MR) is 75.9 cm³/mol. The minimum Gasteiger partial charge on any atom is -0.399 e. The summed E-state index contributed by atoms with van der Waals surface area (Å²) in [7, 11) is 1.96. The zero-order valence-electron chi connectivity index (χ0n) is 11.4. The fraction of sp³-hybridized carbons (Fsp3) is 0.500. The Morgan fingerprint density at radius 2 is 2.16 bits per heavy atom. The van der Waals surface area contributed by atoms with Gasteiger partial charge >= 0.3 is 0 Å². The first-order valence-electron chi connectivity index (χ1n) is 6.53. The molecule has 19 heavy (non-hydrogen) atoms. The number of carbonyl (C=O) groups is 1. The Kier molecular flexibility index (Phi) is 4.39. The van der Waals surface area contributed by atoms with E-state index >= 15 is 0 Å². The summed E-state index contributed by atoms with van der Waals surface area (Å²) in [5.74, 6) is -0.0219. The molecule has 2 atom stereocenters. The Balaban J connectivity index is 1.85. The molecule has 2 unspecified atom stereocenters. The molecule has 1 aliphatic rings. The number of rotatable bonds is 4. The SMILES string of the molecule is CC1OCCC1N(C)CC(=O)Nc1ccc(N)cc1. The van der Waals surface area contributed by atoms with Gasteiger partial charge in [-0.3, -0.25) is 9.69 Å². The van der Waals surface area contributed by atoms with E-state index in [2.05, 4.69) is 5.32 Å². The lowest BCUT2D eigenvalue weighted by atomic mass is 10.1. The van der Waals surface area contributed by atoms with Crippen molar-refractivity contribution in [2.24, 2.45) is 0 Å². The Bertz CT molecular complexity index is 433. The van der Waals surface area contributed by atoms with Crippen molar-refractivity contribution in [3.8, 4) is 0 Å². The molecule has 104 valence electrons. The maximum absolute atomic E-state index is 11.9. The summed E-state index contributed by atoms with van der Waals surface area (Å²) in [6.45, 7) is 3.19. The predicted octanol–water partition coefficient (Wildman–Crippen LogP) is 1.32. The molecule has 1 amide bonds. The van der Waals surface area contributed by atoms with Crippen molar-refractivity contribution in [1.29, 1.82) is 0 Å². The summed E-state index contributed by atoms with van der Waals surface area (Å²) in [5.41, 5.74) is 7.06. The van der Waals surface area contributed by atoms with Gasteiger partial charge in [0.15, 0.2) is 0 Å². The van der Waals surface area contributed by atoms with Crippen LogP contribution in [0.4, 0.5) is 11.4 Å². The smallest absolute Gasteiger partial charge is 0.238 e. The fourth-order valence-corrected chi connectivity index (χ4v) is 2.41. The van der Waals surface area contributed by atoms with E-state index in [-0.39, 0.29) is 12.0 Å². The number of nitrogens with one attached hydrogen (secondary N) is 1. The summed E-state index contributed by atoms with van der Waals surface area (Å²) in [6.07, 6.45) is 1.17. The normalized spacial score (nSPS) is 22.7. The van der Waals surface area contributed by atoms with Crippen LogP contribution in [0.25, 0.3) is 0 Å². The number of carbonyl (C=O) groups excluding carboxylic acids is 1. The van der Waals surface area contributed by atoms with E-state index in [0.29, 0.717) is 18.3 Å². The molecular weight excluding hydrogens is 242 g/mol. The van der Waals surface area contributed by atoms with Gasteiger partial charge in [-0.25, -0.2) is 0 Å². The lowest BCUT2D eigenvalue weighted by Crippen LogP contribution is -2.41. The molecule has 0 bridgehead atoms. The van der Waals surface area contributed by atoms with E-state index in [1.165, 1.54) is 0 Å². The topological polar surface area (TPSA) is 67.6 Å². The quantitative estimate of drug-likeness (QED) is 0.804. The fourth-order valence-electron chi connectivity index (χ4n) is 2.41. The van der Waals surface area contributed by atoms with E-state index in [0.717, 1.165) is 18.7 Å². The van der Waals surface area contributed by atoms with Gasteiger partial charge in [0.1, 0.15) is 0 Å². The lowest BCUT2D eigenvalue weighted by molar-refractivity contribution is -0.117. The van der Waals surface area contributed by atoms with E-state index < -0.39 is 0 Å². The second-order valence-corrected chi connectivity index (χ2v) is 5.02. The lowest BCUT2D eigenvalue weighted by Gasteiger charge is -2.25. The first kappa shape index (κ1) is 13.8. The van der Waals surface area contributed by atoms with E-state index in [1.54, 1.807) is 24.3 Å². The standard InChI is InChI=1S/C14H21N3O2/c1-10-13(7-8-19-10)17(2)9-14(18)16-12-5-3-11(15)4-6-12/h3-6,10,13H,7-9,15H2,1-2H3,(H,16,18). The number of amides is 1. The molecule has 5 heteroatoms. The molecule has 0 radical (unpaired) electrons. The van der Waals surface area contributed by atoms with E-state index in [4.69, 9.17) is 10.5 Å². The number of nitrogens with zero attached hydrogens (tertiary/aromatic N) is 1. The highest BCUT2D eigenvalue weighted by Crippen LogP contribution is 2.18. The van der Waals surface area contributed by atoms with E-state index in [9.17, 15) is 4.79 Å². The number of likely N-dealkylation sites (N-methyl/N-ethyl adjacent to an activating group) is 1. The maximum Gasteiger partial charge on any atom is 0.238 e. The van der Waals surface area contributed by atoms with Crippen LogP contribution in [-0.4, -0.2) is 43.2 Å². The van der Waals surface area contributed by atoms with Crippen molar-refractivity contribution in [1.82, 2.24) is 4.90 Å². The van der Waals surface area contributed by atoms with Crippen molar-refractivity contribution in [3.63, 3.8) is 0 Å². The molecular formula is C14H21N3O2. The zero-order chi connectivity index (χ0) is 13.8. The van der Waals surface area contributed by atoms with Gasteiger partial charge in [0.2, 0.25) is 5.91 Å². The van der Waals surface area contributed by atoms with Gasteiger partial charge in [-0.05, 0) is 44.7 Å². The number of ether oxygens (including phenoxy) is 1. The van der Waals surface area contributed by atoms with Crippen LogP contribution in [0.5, 0.6) is 0 Å². The molecule has 0 saturated carbocycles. The number of hydrogen-bond acceptors (Lipinski definition) is 4. The molecule has 1 saturated heterocycles. The number of nitrogens with two attached hydrogens (primary N) is 1. The van der Waals surface area contributed by atoms with Gasteiger partial charge in [-0.1, -0.05) is 0 Å². The Labute approximate surface area is 113 Å². The second-order valence-electron chi connectivity index (χ2n) is 5.02. The van der Waals surface area contributed by atoms with Crippen molar-refractivity contribution in [2.75, 3.05) is 31.2 Å². The molecule has 2 rings (SSSR count). The molecule has 5 nitrogen and oxygen atoms in total. The Morgan fingerprint density at radius 1 is 1.47 bits per heavy atom. The first-order chi connectivity index (χ1) is 9.06. The van der Waals surface area contributed by atoms with Crippen molar-refractivity contribution >= 4 is 17.3 Å². The van der Waals surface area contributed by atoms with Crippen LogP contribution in [0.3, 0.4) is 0 Å². The van der Waals surface area contributed by atoms with Crippen LogP contribution in [0.15, 0.2) is 24.3 Å². The van der Waals surface area contributed by atoms with Gasteiger partial charge in [0, 0.05) is 24.0 Å². The Morgan fingerprint density at radius 3 is 2.74 bits per heavy atom. The van der Waals surface area contributed by atoms with Crippen molar-refractivity contribution in [3.05, 3.63) is 24.3 Å². The van der Waals surface area contributed by atoms with Crippen LogP contribution in [0, 0.1) is 0 Å². The zero-order valence-corrected chi connectivity index (χ0v) is 11.4. The van der Waals surface area contributed by atoms with Crippen LogP contribution in [0.2, 0.25) is 0 Å². The summed E-state index contributed by atoms with van der Waals surface area (Å²) in [4.78, 5) is 14.0. The Hall–Kier alpha value is -1.59. The number of nitrogen functional groups attached to an aromatic ring is 1. The summed E-state index contributed by atoms with van der Waals surface area (Å²) in [5, 5.41) is 2.86. The molecule has 1 aromatic rings. The average molecular weight is 263 g/mol. The minimum absolute atomic E-state index is 0.0219. The minimum atomic E-state index is -0.0219. The van der Waals surface area contributed by atoms with Crippen LogP contribution < -0.4 is 11.1 Å². The monoisotopic (exact) mass is 263 g/mol. The second kappa shape index (κ2) is 6.04. The maximum atomic E-state index is 11.9. The van der Waals surface area contributed by atoms with Gasteiger partial charge in [-0.15, -0.1) is 0 Å². The molecule has 3 N–H and O–H groups in total. The average Bonchev–Trinajstić information content (AvgIpc) is 2.78. The summed E-state index contributed by atoms with van der Waals surface area (Å²) >= 11 is 0. The van der Waals surface area contributed by atoms with Gasteiger partial charge in [0.05, 0.1) is 12.6 Å².